The molecule has 0 aromatic heterocycles. The van der Waals surface area contributed by atoms with Crippen molar-refractivity contribution in [3.05, 3.63) is 29.8 Å². The van der Waals surface area contributed by atoms with Crippen LogP contribution in [0.3, 0.4) is 0 Å². The number of hydrogen-bond donors (Lipinski definition) is 2. The molecular formula is C12H19N3O3S. The smallest absolute Gasteiger partial charge is 0.238 e. The summed E-state index contributed by atoms with van der Waals surface area (Å²) in [7, 11) is -0.353. The van der Waals surface area contributed by atoms with Crippen molar-refractivity contribution in [2.75, 3.05) is 20.6 Å². The molecule has 1 unspecified atom stereocenters. The van der Waals surface area contributed by atoms with Gasteiger partial charge in [0.2, 0.25) is 15.9 Å². The molecule has 3 N–H and O–H groups in total. The normalized spacial score (nSPS) is 13.1. The molecule has 0 saturated heterocycles. The molecule has 1 amide bonds. The number of nitrogens with one attached hydrogen (secondary N) is 1. The zero-order valence-corrected chi connectivity index (χ0v) is 12.1. The van der Waals surface area contributed by atoms with Gasteiger partial charge in [-0.1, -0.05) is 12.1 Å². The van der Waals surface area contributed by atoms with Gasteiger partial charge in [-0.25, -0.2) is 13.6 Å². The van der Waals surface area contributed by atoms with E-state index in [1.165, 1.54) is 17.0 Å². The fourth-order valence-electron chi connectivity index (χ4n) is 1.48. The Balaban J connectivity index is 2.78. The van der Waals surface area contributed by atoms with Gasteiger partial charge in [0, 0.05) is 20.1 Å². The number of hydrogen-bond acceptors (Lipinski definition) is 4. The molecule has 0 fully saturated rings. The van der Waals surface area contributed by atoms with Crippen molar-refractivity contribution in [1.29, 1.82) is 0 Å². The van der Waals surface area contributed by atoms with Gasteiger partial charge < -0.3 is 10.2 Å². The van der Waals surface area contributed by atoms with E-state index in [1.807, 2.05) is 6.92 Å². The predicted octanol–water partition coefficient (Wildman–Crippen LogP) is 0.0728. The Kier molecular flexibility index (Phi) is 5.04. The third-order valence-corrected chi connectivity index (χ3v) is 3.66. The van der Waals surface area contributed by atoms with Crippen LogP contribution in [0, 0.1) is 0 Å². The maximum atomic E-state index is 11.5. The molecule has 7 heteroatoms. The molecule has 106 valence electrons. The number of nitrogens with zero attached hydrogens (tertiary/aromatic N) is 1. The van der Waals surface area contributed by atoms with Gasteiger partial charge in [0.15, 0.2) is 0 Å². The summed E-state index contributed by atoms with van der Waals surface area (Å²) in [6.45, 7) is 2.04. The molecule has 1 aromatic rings. The molecule has 0 aliphatic carbocycles. The monoisotopic (exact) mass is 285 g/mol. The van der Waals surface area contributed by atoms with Crippen LogP contribution in [0.15, 0.2) is 29.2 Å². The Morgan fingerprint density at radius 3 is 2.58 bits per heavy atom. The largest absolute Gasteiger partial charge is 0.348 e. The van der Waals surface area contributed by atoms with Crippen molar-refractivity contribution in [3.63, 3.8) is 0 Å². The average Bonchev–Trinajstić information content (AvgIpc) is 2.34. The van der Waals surface area contributed by atoms with E-state index in [9.17, 15) is 13.2 Å². The van der Waals surface area contributed by atoms with Crippen molar-refractivity contribution in [2.45, 2.75) is 17.9 Å². The molecule has 0 aliphatic heterocycles. The first kappa shape index (κ1) is 15.6. The van der Waals surface area contributed by atoms with E-state index < -0.39 is 10.0 Å². The second kappa shape index (κ2) is 6.14. The van der Waals surface area contributed by atoms with Gasteiger partial charge in [-0.15, -0.1) is 0 Å². The first-order chi connectivity index (χ1) is 8.71. The summed E-state index contributed by atoms with van der Waals surface area (Å²) in [4.78, 5) is 13.0. The van der Waals surface area contributed by atoms with Crippen molar-refractivity contribution in [1.82, 2.24) is 10.2 Å². The Bertz CT molecular complexity index is 555. The third kappa shape index (κ3) is 4.62. The van der Waals surface area contributed by atoms with Crippen LogP contribution >= 0.6 is 0 Å². The fraction of sp³-hybridized carbons (Fsp3) is 0.417. The lowest BCUT2D eigenvalue weighted by molar-refractivity contribution is -0.127. The molecule has 1 atom stereocenters. The highest BCUT2D eigenvalue weighted by atomic mass is 32.2. The van der Waals surface area contributed by atoms with Crippen molar-refractivity contribution in [3.8, 4) is 0 Å². The third-order valence-electron chi connectivity index (χ3n) is 2.74. The number of sulfonamides is 1. The van der Waals surface area contributed by atoms with Gasteiger partial charge >= 0.3 is 0 Å². The van der Waals surface area contributed by atoms with Gasteiger partial charge in [-0.3, -0.25) is 4.79 Å². The van der Waals surface area contributed by atoms with Gasteiger partial charge in [0.05, 0.1) is 11.4 Å². The molecule has 0 aliphatic rings. The number of nitrogens with two attached hydrogens (primary N) is 1. The van der Waals surface area contributed by atoms with E-state index in [0.717, 1.165) is 5.56 Å². The summed E-state index contributed by atoms with van der Waals surface area (Å²) < 4.78 is 22.5. The lowest BCUT2D eigenvalue weighted by Crippen LogP contribution is -2.34. The van der Waals surface area contributed by atoms with Crippen molar-refractivity contribution < 1.29 is 13.2 Å². The van der Waals surface area contributed by atoms with Crippen LogP contribution in [0.5, 0.6) is 0 Å². The summed E-state index contributed by atoms with van der Waals surface area (Å²) in [5, 5.41) is 8.11. The SMILES string of the molecule is CC(NCC(=O)N(C)C)c1cccc(S(N)(=O)=O)c1. The number of likely N-dealkylation sites (N-methyl/N-ethyl adjacent to an activating group) is 1. The zero-order valence-electron chi connectivity index (χ0n) is 11.3. The number of carbonyl (C=O) groups excluding carboxylic acids is 1. The second-order valence-corrected chi connectivity index (χ2v) is 6.07. The summed E-state index contributed by atoms with van der Waals surface area (Å²) in [6.07, 6.45) is 0. The standard InChI is InChI=1S/C12H19N3O3S/c1-9(14-8-12(16)15(2)3)10-5-4-6-11(7-10)19(13,17)18/h4-7,9,14H,8H2,1-3H3,(H2,13,17,18). The molecule has 1 rings (SSSR count). The Labute approximate surface area is 113 Å². The van der Waals surface area contributed by atoms with Crippen LogP contribution in [-0.2, 0) is 14.8 Å². The molecule has 0 bridgehead atoms. The minimum absolute atomic E-state index is 0.0468. The Morgan fingerprint density at radius 2 is 2.05 bits per heavy atom. The van der Waals surface area contributed by atoms with E-state index >= 15 is 0 Å². The highest BCUT2D eigenvalue weighted by Gasteiger charge is 2.12. The van der Waals surface area contributed by atoms with Gasteiger partial charge in [0.25, 0.3) is 0 Å². The summed E-state index contributed by atoms with van der Waals surface area (Å²) in [5.74, 6) is -0.0468. The fourth-order valence-corrected chi connectivity index (χ4v) is 2.05. The average molecular weight is 285 g/mol. The predicted molar refractivity (Wildman–Crippen MR) is 72.9 cm³/mol. The molecule has 6 nitrogen and oxygen atoms in total. The number of primary sulfonamides is 1. The number of rotatable bonds is 5. The summed E-state index contributed by atoms with van der Waals surface area (Å²) in [5.41, 5.74) is 0.762. The lowest BCUT2D eigenvalue weighted by Gasteiger charge is -2.16. The van der Waals surface area contributed by atoms with Gasteiger partial charge in [0.1, 0.15) is 0 Å². The molecule has 0 heterocycles. The van der Waals surface area contributed by atoms with E-state index in [4.69, 9.17) is 5.14 Å². The number of benzene rings is 1. The Hall–Kier alpha value is -1.44. The highest BCUT2D eigenvalue weighted by Crippen LogP contribution is 2.16. The maximum absolute atomic E-state index is 11.5. The van der Waals surface area contributed by atoms with Crippen LogP contribution in [0.4, 0.5) is 0 Å². The first-order valence-electron chi connectivity index (χ1n) is 5.78. The topological polar surface area (TPSA) is 92.5 Å². The first-order valence-corrected chi connectivity index (χ1v) is 7.32. The molecule has 0 spiro atoms. The minimum Gasteiger partial charge on any atom is -0.348 e. The highest BCUT2D eigenvalue weighted by molar-refractivity contribution is 7.89. The van der Waals surface area contributed by atoms with E-state index in [1.54, 1.807) is 26.2 Å². The van der Waals surface area contributed by atoms with Crippen molar-refractivity contribution >= 4 is 15.9 Å². The second-order valence-electron chi connectivity index (χ2n) is 4.51. The molecule has 0 saturated carbocycles. The van der Waals surface area contributed by atoms with Crippen LogP contribution in [0.25, 0.3) is 0 Å². The van der Waals surface area contributed by atoms with E-state index in [2.05, 4.69) is 5.32 Å². The van der Waals surface area contributed by atoms with Gasteiger partial charge in [-0.2, -0.15) is 0 Å². The van der Waals surface area contributed by atoms with Crippen molar-refractivity contribution in [2.24, 2.45) is 5.14 Å². The van der Waals surface area contributed by atoms with Crippen LogP contribution in [-0.4, -0.2) is 39.9 Å². The lowest BCUT2D eigenvalue weighted by atomic mass is 10.1. The quantitative estimate of drug-likeness (QED) is 0.801. The molecule has 1 aromatic carbocycles. The summed E-state index contributed by atoms with van der Waals surface area (Å²) >= 11 is 0. The molecular weight excluding hydrogens is 266 g/mol. The molecule has 0 radical (unpaired) electrons. The maximum Gasteiger partial charge on any atom is 0.238 e. The summed E-state index contributed by atoms with van der Waals surface area (Å²) in [6, 6.07) is 6.21. The van der Waals surface area contributed by atoms with E-state index in [0.29, 0.717) is 0 Å². The number of carbonyl (C=O) groups is 1. The van der Waals surface area contributed by atoms with Crippen LogP contribution < -0.4 is 10.5 Å². The molecule has 19 heavy (non-hydrogen) atoms. The van der Waals surface area contributed by atoms with E-state index in [-0.39, 0.29) is 23.4 Å². The zero-order chi connectivity index (χ0) is 14.6. The van der Waals surface area contributed by atoms with Gasteiger partial charge in [-0.05, 0) is 24.6 Å². The number of amides is 1. The Morgan fingerprint density at radius 1 is 1.42 bits per heavy atom. The van der Waals surface area contributed by atoms with Crippen LogP contribution in [0.1, 0.15) is 18.5 Å². The minimum atomic E-state index is -3.71. The van der Waals surface area contributed by atoms with Crippen LogP contribution in [0.2, 0.25) is 0 Å².